The van der Waals surface area contributed by atoms with Crippen LogP contribution >= 0.6 is 18.7 Å². The second-order valence-electron chi connectivity index (χ2n) is 12.9. The maximum atomic E-state index is 14.3. The summed E-state index contributed by atoms with van der Waals surface area (Å²) in [7, 11) is -2.62. The van der Waals surface area contributed by atoms with Gasteiger partial charge in [-0.15, -0.1) is 11.3 Å². The number of anilines is 1. The SMILES string of the molecule is CC1CCC(C(=O)N(c2cc(C3C=CC(c4cc5ncccn5n4)=CC3)sc2C(=O)O)C2CCC(OP(C)(C)=O)CC2)CC1. The van der Waals surface area contributed by atoms with E-state index < -0.39 is 13.3 Å². The van der Waals surface area contributed by atoms with Crippen molar-refractivity contribution in [2.45, 2.75) is 82.8 Å². The Hall–Kier alpha value is -3.07. The molecule has 9 nitrogen and oxygen atoms in total. The average Bonchev–Trinajstić information content (AvgIpc) is 3.63. The van der Waals surface area contributed by atoms with Gasteiger partial charge in [-0.3, -0.25) is 9.36 Å². The number of aromatic nitrogens is 3. The van der Waals surface area contributed by atoms with E-state index >= 15 is 0 Å². The van der Waals surface area contributed by atoms with E-state index in [4.69, 9.17) is 4.52 Å². The van der Waals surface area contributed by atoms with Crippen molar-refractivity contribution in [1.29, 1.82) is 0 Å². The molecule has 3 heterocycles. The molecule has 0 aromatic carbocycles. The second kappa shape index (κ2) is 12.7. The lowest BCUT2D eigenvalue weighted by atomic mass is 9.81. The van der Waals surface area contributed by atoms with Crippen molar-refractivity contribution >= 4 is 47.5 Å². The molecule has 1 atom stereocenters. The number of carbonyl (C=O) groups is 2. The van der Waals surface area contributed by atoms with Crippen LogP contribution in [-0.2, 0) is 13.9 Å². The summed E-state index contributed by atoms with van der Waals surface area (Å²) in [5.41, 5.74) is 3.16. The molecule has 0 spiro atoms. The van der Waals surface area contributed by atoms with Crippen molar-refractivity contribution in [1.82, 2.24) is 14.6 Å². The van der Waals surface area contributed by atoms with E-state index in [1.165, 1.54) is 11.3 Å². The molecule has 3 aromatic heterocycles. The molecule has 6 rings (SSSR count). The van der Waals surface area contributed by atoms with Crippen LogP contribution in [0.4, 0.5) is 5.69 Å². The van der Waals surface area contributed by atoms with Crippen molar-refractivity contribution in [3.05, 3.63) is 64.3 Å². The lowest BCUT2D eigenvalue weighted by Crippen LogP contribution is -2.47. The summed E-state index contributed by atoms with van der Waals surface area (Å²) in [6.07, 6.45) is 17.0. The summed E-state index contributed by atoms with van der Waals surface area (Å²) in [5.74, 6) is -0.447. The minimum absolute atomic E-state index is 0.00521. The minimum Gasteiger partial charge on any atom is -0.477 e. The van der Waals surface area contributed by atoms with Crippen LogP contribution in [0.25, 0.3) is 11.2 Å². The van der Waals surface area contributed by atoms with Crippen molar-refractivity contribution < 1.29 is 23.8 Å². The average molecular weight is 637 g/mol. The van der Waals surface area contributed by atoms with Gasteiger partial charge in [-0.1, -0.05) is 25.2 Å². The Kier molecular flexibility index (Phi) is 8.95. The highest BCUT2D eigenvalue weighted by Crippen LogP contribution is 2.45. The molecule has 234 valence electrons. The van der Waals surface area contributed by atoms with Gasteiger partial charge in [0.2, 0.25) is 5.91 Å². The number of allylic oxidation sites excluding steroid dienone is 4. The van der Waals surface area contributed by atoms with Crippen molar-refractivity contribution in [3.8, 4) is 0 Å². The van der Waals surface area contributed by atoms with E-state index in [-0.39, 0.29) is 34.8 Å². The number of aromatic carboxylic acids is 1. The van der Waals surface area contributed by atoms with Crippen LogP contribution in [0.2, 0.25) is 0 Å². The molecule has 2 fully saturated rings. The monoisotopic (exact) mass is 636 g/mol. The third-order valence-electron chi connectivity index (χ3n) is 9.20. The molecule has 1 amide bonds. The zero-order valence-corrected chi connectivity index (χ0v) is 27.3. The Balaban J connectivity index is 1.27. The van der Waals surface area contributed by atoms with Gasteiger partial charge >= 0.3 is 5.97 Å². The lowest BCUT2D eigenvalue weighted by Gasteiger charge is -2.39. The van der Waals surface area contributed by atoms with E-state index in [2.05, 4.69) is 29.2 Å². The molecule has 44 heavy (non-hydrogen) atoms. The van der Waals surface area contributed by atoms with E-state index in [9.17, 15) is 19.3 Å². The summed E-state index contributed by atoms with van der Waals surface area (Å²) >= 11 is 1.27. The third-order valence-corrected chi connectivity index (χ3v) is 11.2. The number of thiophene rings is 1. The van der Waals surface area contributed by atoms with Gasteiger partial charge in [0.15, 0.2) is 13.0 Å². The molecule has 3 aliphatic rings. The first-order valence-corrected chi connectivity index (χ1v) is 19.0. The largest absolute Gasteiger partial charge is 0.477 e. The summed E-state index contributed by atoms with van der Waals surface area (Å²) in [6.45, 7) is 5.51. The van der Waals surface area contributed by atoms with E-state index in [1.54, 1.807) is 24.0 Å². The molecule has 1 unspecified atom stereocenters. The number of carboxylic acids is 1. The Morgan fingerprint density at radius 1 is 1.09 bits per heavy atom. The molecule has 0 bridgehead atoms. The summed E-state index contributed by atoms with van der Waals surface area (Å²) in [5, 5.41) is 15.0. The fourth-order valence-electron chi connectivity index (χ4n) is 6.87. The predicted molar refractivity (Wildman–Crippen MR) is 174 cm³/mol. The van der Waals surface area contributed by atoms with Gasteiger partial charge in [-0.05, 0) is 81.4 Å². The molecule has 11 heteroatoms. The Morgan fingerprint density at radius 3 is 2.48 bits per heavy atom. The molecule has 3 aromatic rings. The Morgan fingerprint density at radius 2 is 1.84 bits per heavy atom. The lowest BCUT2D eigenvalue weighted by molar-refractivity contribution is -0.124. The normalized spacial score (nSPS) is 26.0. The number of hydrogen-bond donors (Lipinski definition) is 1. The van der Waals surface area contributed by atoms with E-state index in [0.717, 1.165) is 47.5 Å². The molecule has 0 saturated heterocycles. The molecular formula is C33H41N4O5PS. The van der Waals surface area contributed by atoms with Crippen LogP contribution in [0.5, 0.6) is 0 Å². The quantitative estimate of drug-likeness (QED) is 0.253. The molecule has 3 aliphatic carbocycles. The number of nitrogens with zero attached hydrogens (tertiary/aromatic N) is 4. The molecular weight excluding hydrogens is 595 g/mol. The first kappa shape index (κ1) is 30.9. The number of hydrogen-bond acceptors (Lipinski definition) is 7. The van der Waals surface area contributed by atoms with Crippen LogP contribution in [0.1, 0.15) is 90.9 Å². The first-order chi connectivity index (χ1) is 21.1. The smallest absolute Gasteiger partial charge is 0.348 e. The van der Waals surface area contributed by atoms with Gasteiger partial charge < -0.3 is 14.5 Å². The van der Waals surface area contributed by atoms with Crippen molar-refractivity contribution in [2.24, 2.45) is 11.8 Å². The van der Waals surface area contributed by atoms with Crippen molar-refractivity contribution in [3.63, 3.8) is 0 Å². The highest BCUT2D eigenvalue weighted by atomic mass is 32.1. The van der Waals surface area contributed by atoms with Crippen LogP contribution in [-0.4, -0.2) is 57.1 Å². The fourth-order valence-corrected chi connectivity index (χ4v) is 8.88. The van der Waals surface area contributed by atoms with Crippen LogP contribution < -0.4 is 4.90 Å². The number of fused-ring (bicyclic) bond motifs is 1. The van der Waals surface area contributed by atoms with Gasteiger partial charge in [-0.25, -0.2) is 14.3 Å². The standard InChI is InChI=1S/C33H41N4O5PS/c1-21-5-7-24(8-6-21)32(38)37(25-13-15-26(16-14-25)42-43(2,3)41)28-20-29(44-31(28)33(39)40)23-11-9-22(10-12-23)27-19-30-34-17-4-18-36(30)35-27/h4,9-11,17-21,23-26H,5-8,12-16H2,1-3H3,(H,39,40). The Bertz CT molecular complexity index is 1610. The summed E-state index contributed by atoms with van der Waals surface area (Å²) in [6, 6.07) is 5.63. The molecule has 0 aliphatic heterocycles. The number of rotatable bonds is 8. The predicted octanol–water partition coefficient (Wildman–Crippen LogP) is 7.64. The zero-order valence-electron chi connectivity index (χ0n) is 25.6. The molecule has 0 radical (unpaired) electrons. The van der Waals surface area contributed by atoms with Crippen LogP contribution in [0.15, 0.2) is 48.8 Å². The van der Waals surface area contributed by atoms with Gasteiger partial charge in [0.05, 0.1) is 17.5 Å². The first-order valence-electron chi connectivity index (χ1n) is 15.7. The van der Waals surface area contributed by atoms with Crippen LogP contribution in [0.3, 0.4) is 0 Å². The molecule has 2 saturated carbocycles. The number of carboxylic acid groups (broad SMARTS) is 1. The van der Waals surface area contributed by atoms with Gasteiger partial charge in [0, 0.05) is 54.5 Å². The zero-order chi connectivity index (χ0) is 31.0. The van der Waals surface area contributed by atoms with Gasteiger partial charge in [-0.2, -0.15) is 5.10 Å². The van der Waals surface area contributed by atoms with Gasteiger partial charge in [0.1, 0.15) is 4.88 Å². The fraction of sp³-hybridized carbons (Fsp3) is 0.515. The van der Waals surface area contributed by atoms with Gasteiger partial charge in [0.25, 0.3) is 0 Å². The topological polar surface area (TPSA) is 114 Å². The van der Waals surface area contributed by atoms with Crippen LogP contribution in [0, 0.1) is 11.8 Å². The van der Waals surface area contributed by atoms with E-state index in [1.807, 2.05) is 35.4 Å². The summed E-state index contributed by atoms with van der Waals surface area (Å²) < 4.78 is 19.9. The minimum atomic E-state index is -2.62. The highest BCUT2D eigenvalue weighted by molar-refractivity contribution is 7.57. The number of carbonyl (C=O) groups excluding carboxylic acids is 1. The maximum Gasteiger partial charge on any atom is 0.348 e. The Labute approximate surface area is 262 Å². The maximum absolute atomic E-state index is 14.3. The molecule has 1 N–H and O–H groups in total. The number of amides is 1. The third kappa shape index (κ3) is 6.77. The van der Waals surface area contributed by atoms with Crippen molar-refractivity contribution in [2.75, 3.05) is 18.2 Å². The summed E-state index contributed by atoms with van der Waals surface area (Å²) in [4.78, 5) is 34.3. The highest BCUT2D eigenvalue weighted by Gasteiger charge is 2.38. The van der Waals surface area contributed by atoms with E-state index in [0.29, 0.717) is 43.7 Å². The second-order valence-corrected chi connectivity index (χ2v) is 16.7.